The quantitative estimate of drug-likeness (QED) is 0.0957. The molecule has 0 radical (unpaired) electrons. The molecule has 1 aromatic carbocycles. The number of likely N-dealkylation sites (N-methyl/N-ethyl adjacent to an activating group) is 2. The van der Waals surface area contributed by atoms with Gasteiger partial charge in [-0.2, -0.15) is 0 Å². The summed E-state index contributed by atoms with van der Waals surface area (Å²) in [4.78, 5) is 43.3. The predicted molar refractivity (Wildman–Crippen MR) is 292 cm³/mol. The Hall–Kier alpha value is -3.35. The number of hydrogen-bond donors (Lipinski definition) is 5. The number of aromatic carboxylic acids is 1. The standard InChI is InChI=1S/C57H96N4O16/c1-17-44-57(10,69)49(64)37(6)60(15)31-33(2)29-55(8,68)50(77-54-47(63)43(58(11)12)27-34(3)73-54)35(4)48(36(5)53(67)75-44)76-45-30-56(9,70-16)51(38(7)74-45)72-26-19-18-24-71-25-20-21-39-22-23-42-40(28-39)46(62)41(52(65)66)32-61(42)59(13)14/h22-23,28,32-38,43-45,47-51,54,63-64,68-69H,17-21,24-27,29-31H2,1-16H3,(H,65,66)/t33-,34-,35+,36-,37-,38+,43+,44-,45+,47-,48+,49-,50-,51+,54+,55-,56-,57-/m1/s1. The summed E-state index contributed by atoms with van der Waals surface area (Å²) in [5, 5.41) is 59.9. The van der Waals surface area contributed by atoms with Crippen LogP contribution in [-0.2, 0) is 49.1 Å². The molecule has 77 heavy (non-hydrogen) atoms. The normalized spacial score (nSPS) is 37.3. The van der Waals surface area contributed by atoms with Crippen LogP contribution in [0.1, 0.15) is 130 Å². The molecule has 3 fully saturated rings. The van der Waals surface area contributed by atoms with Crippen LogP contribution in [0.15, 0.2) is 29.2 Å². The van der Waals surface area contributed by atoms with E-state index in [0.717, 1.165) is 12.0 Å². The number of unbranched alkanes of at least 4 members (excludes halogenated alkanes) is 1. The summed E-state index contributed by atoms with van der Waals surface area (Å²) < 4.78 is 53.2. The lowest BCUT2D eigenvalue weighted by Crippen LogP contribution is -2.61. The van der Waals surface area contributed by atoms with Crippen molar-refractivity contribution in [3.05, 3.63) is 45.7 Å². The highest BCUT2D eigenvalue weighted by molar-refractivity contribution is 5.92. The minimum atomic E-state index is -1.83. The molecule has 3 saturated heterocycles. The molecular weight excluding hydrogens is 997 g/mol. The third-order valence-electron chi connectivity index (χ3n) is 16.6. The van der Waals surface area contributed by atoms with E-state index < -0.39 is 107 Å². The maximum atomic E-state index is 14.6. The summed E-state index contributed by atoms with van der Waals surface area (Å²) in [6.45, 7) is 19.9. The molecule has 0 spiro atoms. The Balaban J connectivity index is 1.29. The average molecular weight is 1090 g/mol. The number of fused-ring (bicyclic) bond motifs is 1. The topological polar surface area (TPSA) is 241 Å². The zero-order valence-electron chi connectivity index (χ0n) is 49.0. The van der Waals surface area contributed by atoms with E-state index in [2.05, 4.69) is 0 Å². The number of rotatable bonds is 19. The number of ether oxygens (including phenoxy) is 8. The monoisotopic (exact) mass is 1090 g/mol. The molecule has 440 valence electrons. The molecule has 3 aliphatic rings. The average Bonchev–Trinajstić information content (AvgIpc) is 3.36. The number of cyclic esters (lactones) is 1. The number of hydrogen-bond acceptors (Lipinski definition) is 18. The zero-order valence-corrected chi connectivity index (χ0v) is 49.0. The van der Waals surface area contributed by atoms with Crippen molar-refractivity contribution in [3.63, 3.8) is 0 Å². The van der Waals surface area contributed by atoms with Gasteiger partial charge in [-0.15, -0.1) is 0 Å². The second kappa shape index (κ2) is 27.4. The molecule has 0 bridgehead atoms. The highest BCUT2D eigenvalue weighted by Gasteiger charge is 2.53. The smallest absolute Gasteiger partial charge is 0.341 e. The van der Waals surface area contributed by atoms with Crippen molar-refractivity contribution in [3.8, 4) is 0 Å². The largest absolute Gasteiger partial charge is 0.477 e. The number of benzene rings is 1. The summed E-state index contributed by atoms with van der Waals surface area (Å²) >= 11 is 0. The van der Waals surface area contributed by atoms with E-state index in [0.29, 0.717) is 63.0 Å². The number of carbonyl (C=O) groups is 2. The summed E-state index contributed by atoms with van der Waals surface area (Å²) in [6.07, 6.45) is -3.71. The summed E-state index contributed by atoms with van der Waals surface area (Å²) in [6, 6.07) is 4.68. The number of pyridine rings is 1. The SMILES string of the molecule is CC[C@H]1OC(=O)[C@H](C)[C@@H](O[C@H]2C[C@@](C)(OC)[C@@H](OCCCCOCCCc3ccc4c(c3)c(=O)c(C(=O)O)cn4N(C)C)[C@H](C)O2)[C@H](C)[C@@H](O[C@@H]2O[C@H](C)C[C@H](N(C)C)[C@H]2O)[C@](C)(O)C[C@@H](C)CN(C)[C@H](C)[C@@H](O)[C@]1(C)O. The molecule has 2 aromatic rings. The van der Waals surface area contributed by atoms with E-state index >= 15 is 0 Å². The highest BCUT2D eigenvalue weighted by Crippen LogP contribution is 2.41. The molecule has 0 saturated carbocycles. The van der Waals surface area contributed by atoms with Gasteiger partial charge in [-0.3, -0.25) is 14.3 Å². The van der Waals surface area contributed by atoms with Crippen LogP contribution in [0.2, 0.25) is 0 Å². The Bertz CT molecular complexity index is 2280. The van der Waals surface area contributed by atoms with E-state index in [1.165, 1.54) is 13.1 Å². The number of methoxy groups -OCH3 is 1. The number of aromatic nitrogens is 1. The molecule has 5 rings (SSSR count). The number of carboxylic acids is 1. The maximum absolute atomic E-state index is 14.6. The lowest BCUT2D eigenvalue weighted by molar-refractivity contribution is -0.320. The summed E-state index contributed by atoms with van der Waals surface area (Å²) in [7, 11) is 10.8. The van der Waals surface area contributed by atoms with Crippen molar-refractivity contribution in [2.75, 3.05) is 73.7 Å². The maximum Gasteiger partial charge on any atom is 0.341 e. The van der Waals surface area contributed by atoms with E-state index in [-0.39, 0.29) is 42.9 Å². The first kappa shape index (κ1) is 64.5. The predicted octanol–water partition coefficient (Wildman–Crippen LogP) is 4.57. The van der Waals surface area contributed by atoms with Crippen molar-refractivity contribution in [2.24, 2.45) is 17.8 Å². The first-order valence-electron chi connectivity index (χ1n) is 27.8. The Morgan fingerprint density at radius 3 is 2.18 bits per heavy atom. The van der Waals surface area contributed by atoms with Gasteiger partial charge in [-0.05, 0) is 138 Å². The van der Waals surface area contributed by atoms with E-state index in [9.17, 15) is 39.9 Å². The second-order valence-electron chi connectivity index (χ2n) is 23.7. The van der Waals surface area contributed by atoms with Crippen LogP contribution < -0.4 is 10.4 Å². The molecule has 0 amide bonds. The lowest BCUT2D eigenvalue weighted by atomic mass is 9.77. The molecule has 20 nitrogen and oxygen atoms in total. The fourth-order valence-electron chi connectivity index (χ4n) is 12.0. The Morgan fingerprint density at radius 1 is 0.896 bits per heavy atom. The molecule has 3 aliphatic heterocycles. The highest BCUT2D eigenvalue weighted by atomic mass is 16.7. The third kappa shape index (κ3) is 15.6. The van der Waals surface area contributed by atoms with Crippen LogP contribution in [0.5, 0.6) is 0 Å². The fraction of sp³-hybridized carbons (Fsp3) is 0.807. The zero-order chi connectivity index (χ0) is 57.5. The van der Waals surface area contributed by atoms with Crippen LogP contribution in [0, 0.1) is 17.8 Å². The summed E-state index contributed by atoms with van der Waals surface area (Å²) in [5.74, 6) is -3.95. The van der Waals surface area contributed by atoms with Gasteiger partial charge in [0.25, 0.3) is 0 Å². The van der Waals surface area contributed by atoms with Gasteiger partial charge in [0, 0.05) is 83.6 Å². The number of aryl methyl sites for hydroxylation is 1. The first-order valence-corrected chi connectivity index (χ1v) is 27.8. The first-order chi connectivity index (χ1) is 36.0. The van der Waals surface area contributed by atoms with E-state index in [4.69, 9.17) is 37.9 Å². The molecule has 0 unspecified atom stereocenters. The Labute approximate surface area is 457 Å². The fourth-order valence-corrected chi connectivity index (χ4v) is 12.0. The number of esters is 1. The Morgan fingerprint density at radius 2 is 1.56 bits per heavy atom. The number of aliphatic hydroxyl groups excluding tert-OH is 2. The van der Waals surface area contributed by atoms with Crippen molar-refractivity contribution in [2.45, 2.75) is 211 Å². The number of nitrogens with zero attached hydrogens (tertiary/aromatic N) is 4. The Kier molecular flexibility index (Phi) is 22.9. The number of carboxylic acid groups (broad SMARTS) is 1. The van der Waals surface area contributed by atoms with Crippen LogP contribution in [-0.4, -0.2) is 211 Å². The number of aliphatic hydroxyl groups is 4. The number of carbonyl (C=O) groups excluding carboxylic acids is 1. The lowest BCUT2D eigenvalue weighted by Gasteiger charge is -2.49. The molecule has 5 N–H and O–H groups in total. The third-order valence-corrected chi connectivity index (χ3v) is 16.6. The molecule has 18 atom stereocenters. The molecular formula is C57H96N4O16. The van der Waals surface area contributed by atoms with Gasteiger partial charge in [0.2, 0.25) is 5.43 Å². The molecule has 0 aliphatic carbocycles. The van der Waals surface area contributed by atoms with Crippen molar-refractivity contribution in [1.29, 1.82) is 0 Å². The van der Waals surface area contributed by atoms with Crippen LogP contribution in [0.4, 0.5) is 0 Å². The van der Waals surface area contributed by atoms with Gasteiger partial charge in [0.1, 0.15) is 35.6 Å². The van der Waals surface area contributed by atoms with Crippen molar-refractivity contribution >= 4 is 22.8 Å². The van der Waals surface area contributed by atoms with Gasteiger partial charge in [0.15, 0.2) is 12.6 Å². The minimum absolute atomic E-state index is 0.172. The summed E-state index contributed by atoms with van der Waals surface area (Å²) in [5.41, 5.74) is -3.60. The van der Waals surface area contributed by atoms with Gasteiger partial charge in [-0.25, -0.2) is 4.79 Å². The van der Waals surface area contributed by atoms with Crippen LogP contribution in [0.25, 0.3) is 10.9 Å². The van der Waals surface area contributed by atoms with E-state index in [1.807, 2.05) is 77.7 Å². The molecule has 4 heterocycles. The minimum Gasteiger partial charge on any atom is -0.477 e. The molecule has 1 aromatic heterocycles. The van der Waals surface area contributed by atoms with Crippen LogP contribution >= 0.6 is 0 Å². The van der Waals surface area contributed by atoms with Gasteiger partial charge < -0.3 is 78.2 Å². The molecule has 20 heteroatoms. The second-order valence-corrected chi connectivity index (χ2v) is 23.7. The van der Waals surface area contributed by atoms with Gasteiger partial charge in [-0.1, -0.05) is 26.8 Å². The van der Waals surface area contributed by atoms with E-state index in [1.54, 1.807) is 64.7 Å². The van der Waals surface area contributed by atoms with Crippen LogP contribution in [0.3, 0.4) is 0 Å². The van der Waals surface area contributed by atoms with Crippen molar-refractivity contribution < 1.29 is 73.0 Å². The van der Waals surface area contributed by atoms with Gasteiger partial charge in [0.05, 0.1) is 47.1 Å². The van der Waals surface area contributed by atoms with Crippen molar-refractivity contribution in [1.82, 2.24) is 14.5 Å². The van der Waals surface area contributed by atoms with Gasteiger partial charge >= 0.3 is 11.9 Å².